The Hall–Kier alpha value is -15.4. The van der Waals surface area contributed by atoms with Crippen LogP contribution >= 0.6 is 0 Å². The van der Waals surface area contributed by atoms with Crippen LogP contribution in [0.2, 0.25) is 0 Å². The summed E-state index contributed by atoms with van der Waals surface area (Å²) in [4.78, 5) is 0. The minimum Gasteiger partial charge on any atom is -0.308 e. The summed E-state index contributed by atoms with van der Waals surface area (Å²) < 4.78 is 7.62. The summed E-state index contributed by atoms with van der Waals surface area (Å²) >= 11 is 0. The molecule has 6 heterocycles. The van der Waals surface area contributed by atoms with Crippen molar-refractivity contribution in [2.24, 2.45) is 0 Å². The van der Waals surface area contributed by atoms with Gasteiger partial charge in [-0.05, 0) is 333 Å². The van der Waals surface area contributed by atoms with E-state index in [1.54, 1.807) is 0 Å². The van der Waals surface area contributed by atoms with Crippen LogP contribution in [-0.4, -0.2) is 13.2 Å². The Morgan fingerprint density at radius 2 is 0.413 bits per heavy atom. The maximum Gasteiger partial charge on any atom is 0.0620 e. The Labute approximate surface area is 805 Å². The number of benzene rings is 21. The van der Waals surface area contributed by atoms with Gasteiger partial charge in [-0.3, -0.25) is 0 Å². The van der Waals surface area contributed by atoms with E-state index in [-0.39, 0.29) is 5.41 Å². The number of hydrogen-bond acceptors (Lipinski definition) is 0. The minimum atomic E-state index is -0.0362. The van der Waals surface area contributed by atoms with Crippen LogP contribution in [0.25, 0.3) is 246 Å². The van der Waals surface area contributed by atoms with Gasteiger partial charge >= 0.3 is 0 Å². The van der Waals surface area contributed by atoms with Crippen LogP contribution in [0.1, 0.15) is 177 Å². The van der Waals surface area contributed by atoms with E-state index in [9.17, 15) is 0 Å². The third kappa shape index (κ3) is 13.0. The lowest BCUT2D eigenvalue weighted by Crippen LogP contribution is -2.14. The summed E-state index contributed by atoms with van der Waals surface area (Å²) in [6.07, 6.45) is 0. The molecule has 1 aliphatic carbocycles. The van der Waals surface area contributed by atoms with Crippen LogP contribution in [0.3, 0.4) is 0 Å². The van der Waals surface area contributed by atoms with Crippen molar-refractivity contribution in [2.75, 3.05) is 0 Å². The molecule has 0 radical (unpaired) electrons. The third-order valence-corrected chi connectivity index (χ3v) is 31.6. The number of aromatic nitrogens is 3. The van der Waals surface area contributed by atoms with E-state index in [1.165, 1.54) is 290 Å². The Morgan fingerprint density at radius 1 is 0.159 bits per heavy atom. The summed E-state index contributed by atoms with van der Waals surface area (Å²) in [5.41, 5.74) is 38.1. The molecule has 3 heteroatoms. The van der Waals surface area contributed by atoms with Crippen molar-refractivity contribution in [1.29, 1.82) is 0 Å². The first-order valence-corrected chi connectivity index (χ1v) is 50.0. The highest BCUT2D eigenvalue weighted by Gasteiger charge is 2.36. The van der Waals surface area contributed by atoms with Gasteiger partial charge in [0.15, 0.2) is 0 Å². The van der Waals surface area contributed by atoms with Crippen LogP contribution in [0.5, 0.6) is 0 Å². The largest absolute Gasteiger partial charge is 0.308 e. The fourth-order valence-corrected chi connectivity index (χ4v) is 23.8. The van der Waals surface area contributed by atoms with Crippen molar-refractivity contribution < 1.29 is 0 Å². The van der Waals surface area contributed by atoms with Crippen molar-refractivity contribution in [3.8, 4) is 66.8 Å². The van der Waals surface area contributed by atoms with Gasteiger partial charge in [-0.15, -0.1) is 0 Å². The number of hydrogen-bond donors (Lipinski definition) is 0. The molecule has 0 unspecified atom stereocenters. The molecule has 0 aliphatic heterocycles. The van der Waals surface area contributed by atoms with Crippen LogP contribution < -0.4 is 0 Å². The van der Waals surface area contributed by atoms with Crippen molar-refractivity contribution in [3.63, 3.8) is 0 Å². The molecule has 1 aliphatic rings. The van der Waals surface area contributed by atoms with Gasteiger partial charge in [0, 0.05) is 70.0 Å². The van der Waals surface area contributed by atoms with Gasteiger partial charge < -0.3 is 13.2 Å². The van der Waals surface area contributed by atoms with E-state index >= 15 is 0 Å². The Bertz CT molecular complexity index is 9330. The second-order valence-electron chi connectivity index (χ2n) is 42.3. The SMILES string of the molecule is CC(C)c1ccc2cc3c(cc2c1)c1cc(-c2ccc4c(c2)C(C)(C)c2ccccc2-4)cc2c4cc5cc(C(C)C)ccc5cc4n3c12.CC(C)c1ccc2cc3c(cc2c1)c1cc(-c2cccc(-c4ccccc4)c2)cc2c4cc5cc(C(C)C)ccc5cc4n3c12.CC(C)c1ccc2cc3c(cc2c1)c1cc(-c2ccccc2-c2ccccc2)cc2c4cc5cc(C(C)C)ccc5cc4n3c12. The molecule has 27 aromatic rings. The molecule has 3 nitrogen and oxygen atoms in total. The molecule has 0 atom stereocenters. The van der Waals surface area contributed by atoms with E-state index in [1.807, 2.05) is 0 Å². The Kier molecular flexibility index (Phi) is 18.9. The Balaban J connectivity index is 0.000000107. The topological polar surface area (TPSA) is 13.2 Å². The van der Waals surface area contributed by atoms with Crippen LogP contribution in [0.15, 0.2) is 370 Å². The van der Waals surface area contributed by atoms with Gasteiger partial charge in [0.05, 0.1) is 49.7 Å². The van der Waals surface area contributed by atoms with E-state index < -0.39 is 0 Å². The summed E-state index contributed by atoms with van der Waals surface area (Å²) in [6, 6.07) is 141. The molecular formula is C135H109N3. The van der Waals surface area contributed by atoms with Crippen LogP contribution in [-0.2, 0) is 5.41 Å². The average molecular weight is 1770 g/mol. The second-order valence-corrected chi connectivity index (χ2v) is 42.3. The smallest absolute Gasteiger partial charge is 0.0620 e. The summed E-state index contributed by atoms with van der Waals surface area (Å²) in [5, 5.41) is 31.5. The maximum absolute atomic E-state index is 2.55. The average Bonchev–Trinajstić information content (AvgIpc) is 1.54. The normalized spacial score (nSPS) is 13.0. The van der Waals surface area contributed by atoms with Crippen molar-refractivity contribution in [2.45, 2.75) is 138 Å². The van der Waals surface area contributed by atoms with E-state index in [0.29, 0.717) is 35.5 Å². The number of nitrogens with zero attached hydrogens (tertiary/aromatic N) is 3. The van der Waals surface area contributed by atoms with E-state index in [4.69, 9.17) is 0 Å². The zero-order valence-electron chi connectivity index (χ0n) is 81.0. The van der Waals surface area contributed by atoms with Gasteiger partial charge in [0.1, 0.15) is 0 Å². The van der Waals surface area contributed by atoms with E-state index in [2.05, 4.69) is 480 Å². The number of fused-ring (bicyclic) bond motifs is 27. The molecule has 0 amide bonds. The molecule has 0 bridgehead atoms. The standard InChI is InChI=1S/C47H39N.2C44H35N/c1-26(2)28-11-13-31-24-44-38(19-33(31)17-28)40-21-35(30-15-16-37-36-9-7-8-10-42(36)47(5,6)43(37)23-30)22-41-39-20-34-18-29(27(3)4)12-14-32(34)25-45(39)48(44)46(40)41;1-26(2)29-14-16-31-24-42-38(20-33(31)18-29)40-22-35(37-13-9-8-12-36(37)28-10-6-5-7-11-28)23-41-39-21-34-19-30(27(3)4)15-17-32(34)25-43(39)45(42)44(40)41;1-26(2)29-13-15-33-24-42-38(20-35(33)17-29)40-22-37(32-12-8-11-31(19-32)28-9-6-5-7-10-28)23-41-39-21-36-18-30(27(3)4)14-16-34(36)25-43(39)45(42)44(40)41/h7-27H,1-6H3;2*5-27H,1-4H3. The first-order valence-electron chi connectivity index (χ1n) is 50.0. The first-order chi connectivity index (χ1) is 67.0. The molecule has 0 saturated heterocycles. The fourth-order valence-electron chi connectivity index (χ4n) is 23.8. The molecular weight excluding hydrogens is 1660 g/mol. The monoisotopic (exact) mass is 1770 g/mol. The minimum absolute atomic E-state index is 0.0362. The van der Waals surface area contributed by atoms with Gasteiger partial charge in [-0.1, -0.05) is 346 Å². The highest BCUT2D eigenvalue weighted by molar-refractivity contribution is 6.31. The maximum atomic E-state index is 2.55. The first kappa shape index (κ1) is 83.2. The fraction of sp³-hybridized carbons (Fsp3) is 0.156. The van der Waals surface area contributed by atoms with Gasteiger partial charge in [0.2, 0.25) is 0 Å². The molecule has 138 heavy (non-hydrogen) atoms. The molecule has 0 fully saturated rings. The molecule has 21 aromatic carbocycles. The molecule has 664 valence electrons. The molecule has 0 N–H and O–H groups in total. The zero-order chi connectivity index (χ0) is 93.4. The quantitative estimate of drug-likeness (QED) is 0.122. The highest BCUT2D eigenvalue weighted by atomic mass is 14.9. The predicted molar refractivity (Wildman–Crippen MR) is 598 cm³/mol. The highest BCUT2D eigenvalue weighted by Crippen LogP contribution is 2.54. The van der Waals surface area contributed by atoms with Crippen molar-refractivity contribution in [3.05, 3.63) is 415 Å². The third-order valence-electron chi connectivity index (χ3n) is 31.6. The molecule has 6 aromatic heterocycles. The van der Waals surface area contributed by atoms with Gasteiger partial charge in [-0.2, -0.15) is 0 Å². The van der Waals surface area contributed by atoms with Gasteiger partial charge in [-0.25, -0.2) is 0 Å². The second kappa shape index (κ2) is 31.3. The predicted octanol–water partition coefficient (Wildman–Crippen LogP) is 38.8. The van der Waals surface area contributed by atoms with E-state index in [0.717, 1.165) is 0 Å². The van der Waals surface area contributed by atoms with Crippen LogP contribution in [0.4, 0.5) is 0 Å². The van der Waals surface area contributed by atoms with Crippen molar-refractivity contribution >= 4 is 179 Å². The zero-order valence-corrected chi connectivity index (χ0v) is 81.0. The van der Waals surface area contributed by atoms with Gasteiger partial charge in [0.25, 0.3) is 0 Å². The summed E-state index contributed by atoms with van der Waals surface area (Å²) in [7, 11) is 0. The lowest BCUT2D eigenvalue weighted by atomic mass is 9.81. The summed E-state index contributed by atoms with van der Waals surface area (Å²) in [5.74, 6) is 2.97. The Morgan fingerprint density at radius 3 is 0.732 bits per heavy atom. The molecule has 0 spiro atoms. The summed E-state index contributed by atoms with van der Waals surface area (Å²) in [6.45, 7) is 32.1. The lowest BCUT2D eigenvalue weighted by molar-refractivity contribution is 0.660. The molecule has 28 rings (SSSR count). The van der Waals surface area contributed by atoms with Crippen LogP contribution in [0, 0.1) is 0 Å². The number of rotatable bonds is 11. The lowest BCUT2D eigenvalue weighted by Gasteiger charge is -2.22. The van der Waals surface area contributed by atoms with Crippen molar-refractivity contribution in [1.82, 2.24) is 13.2 Å². The molecule has 0 saturated carbocycles.